The molecule has 5 rings (SSSR count). The molecule has 3 aliphatic rings. The third-order valence-corrected chi connectivity index (χ3v) is 5.80. The highest BCUT2D eigenvalue weighted by Gasteiger charge is 2.38. The highest BCUT2D eigenvalue weighted by molar-refractivity contribution is 5.54. The predicted octanol–water partition coefficient (Wildman–Crippen LogP) is 1.67. The molecule has 2 atom stereocenters. The highest BCUT2D eigenvalue weighted by atomic mass is 16.7. The molecule has 5 heteroatoms. The molecule has 2 aromatic carbocycles. The minimum atomic E-state index is 0.338. The first kappa shape index (κ1) is 14.9. The van der Waals surface area contributed by atoms with E-state index in [1.54, 1.807) is 19.1 Å². The van der Waals surface area contributed by atoms with Gasteiger partial charge in [0.15, 0.2) is 23.0 Å². The standard InChI is InChI=1S/C20H21NO4/c1-22-18-8-13-5-6-21-10-15-12(3-4-17-20(15)25-11-24-17)7-16(21)14(13)9-19(18)23-2/h3-4,8-9,16H,5-7,10-11H2,1-2H3/p+1/t16-/m0/s1. The third kappa shape index (κ3) is 2.19. The number of fused-ring (bicyclic) bond motifs is 6. The molecule has 3 aliphatic heterocycles. The second-order valence-electron chi connectivity index (χ2n) is 6.93. The number of nitrogens with one attached hydrogen (secondary N) is 1. The lowest BCUT2D eigenvalue weighted by Gasteiger charge is -2.38. The van der Waals surface area contributed by atoms with Gasteiger partial charge in [0.25, 0.3) is 0 Å². The fraction of sp³-hybridized carbons (Fsp3) is 0.400. The van der Waals surface area contributed by atoms with E-state index in [0.717, 1.165) is 48.9 Å². The summed E-state index contributed by atoms with van der Waals surface area (Å²) in [5.74, 6) is 3.49. The maximum atomic E-state index is 5.74. The summed E-state index contributed by atoms with van der Waals surface area (Å²) >= 11 is 0. The van der Waals surface area contributed by atoms with Crippen molar-refractivity contribution in [1.29, 1.82) is 0 Å². The molecule has 1 unspecified atom stereocenters. The van der Waals surface area contributed by atoms with Crippen molar-refractivity contribution in [3.8, 4) is 23.0 Å². The number of benzene rings is 2. The van der Waals surface area contributed by atoms with Crippen molar-refractivity contribution in [3.05, 3.63) is 46.5 Å². The maximum absolute atomic E-state index is 5.74. The quantitative estimate of drug-likeness (QED) is 0.903. The van der Waals surface area contributed by atoms with Crippen LogP contribution >= 0.6 is 0 Å². The number of rotatable bonds is 2. The smallest absolute Gasteiger partial charge is 0.231 e. The molecule has 0 saturated heterocycles. The van der Waals surface area contributed by atoms with Crippen molar-refractivity contribution in [3.63, 3.8) is 0 Å². The van der Waals surface area contributed by atoms with Crippen molar-refractivity contribution in [2.45, 2.75) is 25.4 Å². The van der Waals surface area contributed by atoms with Crippen molar-refractivity contribution in [2.75, 3.05) is 27.6 Å². The summed E-state index contributed by atoms with van der Waals surface area (Å²) in [5, 5.41) is 0. The Labute approximate surface area is 147 Å². The number of methoxy groups -OCH3 is 2. The predicted molar refractivity (Wildman–Crippen MR) is 91.8 cm³/mol. The zero-order chi connectivity index (χ0) is 17.0. The Hall–Kier alpha value is -2.40. The summed E-state index contributed by atoms with van der Waals surface area (Å²) in [4.78, 5) is 1.59. The van der Waals surface area contributed by atoms with Gasteiger partial charge in [0.2, 0.25) is 6.79 Å². The van der Waals surface area contributed by atoms with E-state index in [1.165, 1.54) is 22.3 Å². The monoisotopic (exact) mass is 340 g/mol. The first-order valence-electron chi connectivity index (χ1n) is 8.78. The van der Waals surface area contributed by atoms with Crippen molar-refractivity contribution >= 4 is 0 Å². The Morgan fingerprint density at radius 1 is 1.04 bits per heavy atom. The van der Waals surface area contributed by atoms with Gasteiger partial charge in [-0.25, -0.2) is 0 Å². The molecular formula is C20H22NO4+. The normalized spacial score (nSPS) is 22.6. The zero-order valence-corrected chi connectivity index (χ0v) is 14.6. The fourth-order valence-corrected chi connectivity index (χ4v) is 4.54. The van der Waals surface area contributed by atoms with E-state index < -0.39 is 0 Å². The van der Waals surface area contributed by atoms with Crippen LogP contribution in [0.15, 0.2) is 24.3 Å². The van der Waals surface area contributed by atoms with Gasteiger partial charge in [-0.05, 0) is 29.3 Å². The van der Waals surface area contributed by atoms with E-state index in [4.69, 9.17) is 18.9 Å². The number of hydrogen-bond donors (Lipinski definition) is 1. The summed E-state index contributed by atoms with van der Waals surface area (Å²) in [7, 11) is 3.40. The molecule has 0 amide bonds. The minimum Gasteiger partial charge on any atom is -0.493 e. The van der Waals surface area contributed by atoms with Crippen LogP contribution in [0.2, 0.25) is 0 Å². The summed E-state index contributed by atoms with van der Waals surface area (Å²) in [6.07, 6.45) is 2.08. The second-order valence-corrected chi connectivity index (χ2v) is 6.93. The lowest BCUT2D eigenvalue weighted by Crippen LogP contribution is -3.13. The largest absolute Gasteiger partial charge is 0.493 e. The van der Waals surface area contributed by atoms with Crippen LogP contribution in [0, 0.1) is 0 Å². The maximum Gasteiger partial charge on any atom is 0.231 e. The van der Waals surface area contributed by atoms with Crippen LogP contribution in [0.1, 0.15) is 28.3 Å². The number of hydrogen-bond acceptors (Lipinski definition) is 4. The Kier molecular flexibility index (Phi) is 3.31. The zero-order valence-electron chi connectivity index (χ0n) is 14.6. The lowest BCUT2D eigenvalue weighted by atomic mass is 9.83. The molecule has 3 heterocycles. The molecule has 0 aliphatic carbocycles. The van der Waals surface area contributed by atoms with Crippen LogP contribution in [0.25, 0.3) is 0 Å². The van der Waals surface area contributed by atoms with Gasteiger partial charge in [-0.3, -0.25) is 0 Å². The van der Waals surface area contributed by atoms with Crippen LogP contribution in [0.3, 0.4) is 0 Å². The summed E-state index contributed by atoms with van der Waals surface area (Å²) in [6.45, 7) is 2.45. The average Bonchev–Trinajstić information content (AvgIpc) is 3.14. The molecule has 0 aromatic heterocycles. The second kappa shape index (κ2) is 5.56. The van der Waals surface area contributed by atoms with Crippen LogP contribution in [0.4, 0.5) is 0 Å². The van der Waals surface area contributed by atoms with Crippen LogP contribution in [0.5, 0.6) is 23.0 Å². The van der Waals surface area contributed by atoms with E-state index in [9.17, 15) is 0 Å². The van der Waals surface area contributed by atoms with Gasteiger partial charge in [0.05, 0.1) is 26.3 Å². The number of quaternary nitrogens is 1. The third-order valence-electron chi connectivity index (χ3n) is 5.80. The first-order valence-corrected chi connectivity index (χ1v) is 8.78. The Bertz CT molecular complexity index is 848. The van der Waals surface area contributed by atoms with E-state index in [0.29, 0.717) is 12.8 Å². The first-order chi connectivity index (χ1) is 12.3. The lowest BCUT2D eigenvalue weighted by molar-refractivity contribution is -0.949. The van der Waals surface area contributed by atoms with Crippen LogP contribution in [-0.4, -0.2) is 27.6 Å². The van der Waals surface area contributed by atoms with Gasteiger partial charge in [0, 0.05) is 18.4 Å². The summed E-state index contributed by atoms with van der Waals surface area (Å²) in [6, 6.07) is 9.03. The van der Waals surface area contributed by atoms with Crippen LogP contribution < -0.4 is 23.8 Å². The van der Waals surface area contributed by atoms with Gasteiger partial charge in [-0.1, -0.05) is 6.07 Å². The summed E-state index contributed by atoms with van der Waals surface area (Å²) < 4.78 is 22.3. The minimum absolute atomic E-state index is 0.338. The molecule has 0 radical (unpaired) electrons. The van der Waals surface area contributed by atoms with Crippen molar-refractivity contribution < 1.29 is 23.8 Å². The molecule has 0 fully saturated rings. The van der Waals surface area contributed by atoms with Gasteiger partial charge >= 0.3 is 0 Å². The molecule has 0 bridgehead atoms. The van der Waals surface area contributed by atoms with E-state index in [1.807, 2.05) is 6.07 Å². The van der Waals surface area contributed by atoms with E-state index in [2.05, 4.69) is 18.2 Å². The topological polar surface area (TPSA) is 41.4 Å². The molecule has 25 heavy (non-hydrogen) atoms. The van der Waals surface area contributed by atoms with Crippen molar-refractivity contribution in [2.24, 2.45) is 0 Å². The fourth-order valence-electron chi connectivity index (χ4n) is 4.54. The molecule has 0 spiro atoms. The molecule has 5 nitrogen and oxygen atoms in total. The Morgan fingerprint density at radius 2 is 1.88 bits per heavy atom. The van der Waals surface area contributed by atoms with Crippen LogP contribution in [-0.2, 0) is 19.4 Å². The van der Waals surface area contributed by atoms with Crippen molar-refractivity contribution in [1.82, 2.24) is 0 Å². The SMILES string of the molecule is COc1cc2c(cc1OC)[C@@H]1Cc3ccc4c(c3C[NH+]1CC2)OCO4. The van der Waals surface area contributed by atoms with E-state index >= 15 is 0 Å². The molecule has 2 aromatic rings. The molecule has 0 saturated carbocycles. The van der Waals surface area contributed by atoms with Gasteiger partial charge in [-0.15, -0.1) is 0 Å². The Morgan fingerprint density at radius 3 is 2.72 bits per heavy atom. The summed E-state index contributed by atoms with van der Waals surface area (Å²) in [5.41, 5.74) is 5.48. The molecule has 1 N–H and O–H groups in total. The highest BCUT2D eigenvalue weighted by Crippen LogP contribution is 2.41. The number of ether oxygens (including phenoxy) is 4. The molecule has 130 valence electrons. The average molecular weight is 340 g/mol. The molecular weight excluding hydrogens is 318 g/mol. The van der Waals surface area contributed by atoms with Gasteiger partial charge in [-0.2, -0.15) is 0 Å². The van der Waals surface area contributed by atoms with Gasteiger partial charge < -0.3 is 23.8 Å². The van der Waals surface area contributed by atoms with Gasteiger partial charge in [0.1, 0.15) is 12.6 Å². The van der Waals surface area contributed by atoms with E-state index in [-0.39, 0.29) is 0 Å². The Balaban J connectivity index is 1.57.